The van der Waals surface area contributed by atoms with E-state index in [-0.39, 0.29) is 6.61 Å². The molecule has 0 aliphatic carbocycles. The number of rotatable bonds is 35. The van der Waals surface area contributed by atoms with Crippen molar-refractivity contribution >= 4 is 136 Å². The zero-order valence-corrected chi connectivity index (χ0v) is 65.3. The lowest BCUT2D eigenvalue weighted by Gasteiger charge is -2.47. The minimum atomic E-state index is -3.69. The van der Waals surface area contributed by atoms with Gasteiger partial charge in [-0.15, -0.1) is 0 Å². The fraction of sp³-hybridized carbons (Fsp3) is 0.441. The Morgan fingerprint density at radius 1 is 0.370 bits per heavy atom. The molecular formula is C59H100O10Si12. The highest BCUT2D eigenvalue weighted by atomic mass is 28.5. The summed E-state index contributed by atoms with van der Waals surface area (Å²) in [4.78, 5) is 12.9. The lowest BCUT2D eigenvalue weighted by Crippen LogP contribution is -2.68. The van der Waals surface area contributed by atoms with E-state index in [0.717, 1.165) is 24.2 Å². The molecule has 0 saturated carbocycles. The predicted octanol–water partition coefficient (Wildman–Crippen LogP) is 11.7. The van der Waals surface area contributed by atoms with Gasteiger partial charge in [-0.2, -0.15) is 0 Å². The van der Waals surface area contributed by atoms with Crippen LogP contribution in [0.4, 0.5) is 0 Å². The van der Waals surface area contributed by atoms with Crippen molar-refractivity contribution in [2.24, 2.45) is 0 Å². The predicted molar refractivity (Wildman–Crippen MR) is 372 cm³/mol. The Labute approximate surface area is 505 Å². The van der Waals surface area contributed by atoms with Gasteiger partial charge in [-0.25, -0.2) is 4.79 Å². The largest absolute Gasteiger partial charge is 0.470 e. The summed E-state index contributed by atoms with van der Waals surface area (Å²) < 4.78 is 67.2. The summed E-state index contributed by atoms with van der Waals surface area (Å²) in [6.45, 7) is 42.8. The minimum absolute atomic E-state index is 0.214. The van der Waals surface area contributed by atoms with Crippen molar-refractivity contribution in [3.05, 3.63) is 164 Å². The maximum absolute atomic E-state index is 12.9. The van der Waals surface area contributed by atoms with Crippen LogP contribution in [-0.4, -0.2) is 116 Å². The molecule has 0 spiro atoms. The summed E-state index contributed by atoms with van der Waals surface area (Å²) in [7, 11) is -29.3. The number of esters is 1. The quantitative estimate of drug-likeness (QED) is 0.0169. The molecule has 0 saturated heterocycles. The van der Waals surface area contributed by atoms with E-state index in [9.17, 15) is 4.79 Å². The molecule has 0 heterocycles. The molecule has 444 valence electrons. The van der Waals surface area contributed by atoms with Crippen LogP contribution in [0.15, 0.2) is 164 Å². The zero-order chi connectivity index (χ0) is 59.9. The average Bonchev–Trinajstić information content (AvgIpc) is 3.48. The summed E-state index contributed by atoms with van der Waals surface area (Å²) in [6.07, 6.45) is 0.534. The van der Waals surface area contributed by atoms with Crippen molar-refractivity contribution in [2.75, 3.05) is 6.61 Å². The van der Waals surface area contributed by atoms with Crippen molar-refractivity contribution in [2.45, 2.75) is 160 Å². The highest BCUT2D eigenvalue weighted by Gasteiger charge is 2.57. The molecule has 0 aliphatic rings. The average molecular weight is 1310 g/mol. The highest BCUT2D eigenvalue weighted by molar-refractivity contribution is 6.99. The van der Waals surface area contributed by atoms with Crippen molar-refractivity contribution < 1.29 is 42.5 Å². The van der Waals surface area contributed by atoms with Crippen LogP contribution < -0.4 is 25.9 Å². The molecule has 0 unspecified atom stereocenters. The molecule has 5 aromatic rings. The number of ether oxygens (including phenoxy) is 1. The van der Waals surface area contributed by atoms with Crippen molar-refractivity contribution in [1.82, 2.24) is 0 Å². The molecule has 0 bridgehead atoms. The topological polar surface area (TPSA) is 100 Å². The number of hydrogen-bond acceptors (Lipinski definition) is 10. The second-order valence-corrected chi connectivity index (χ2v) is 69.3. The first kappa shape index (κ1) is 69.4. The second kappa shape index (κ2) is 29.8. The van der Waals surface area contributed by atoms with Crippen LogP contribution in [0.25, 0.3) is 0 Å². The van der Waals surface area contributed by atoms with Gasteiger partial charge in [-0.1, -0.05) is 158 Å². The third-order valence-electron chi connectivity index (χ3n) is 14.9. The Morgan fingerprint density at radius 3 is 0.938 bits per heavy atom. The van der Waals surface area contributed by atoms with Crippen LogP contribution in [-0.2, 0) is 42.5 Å². The van der Waals surface area contributed by atoms with Crippen LogP contribution in [0.5, 0.6) is 0 Å². The minimum Gasteiger partial charge on any atom is -0.462 e. The zero-order valence-electron chi connectivity index (χ0n) is 52.5. The van der Waals surface area contributed by atoms with Gasteiger partial charge in [0.05, 0.1) is 6.61 Å². The van der Waals surface area contributed by atoms with E-state index in [1.165, 1.54) is 25.9 Å². The molecular weight excluding hydrogens is 1210 g/mol. The Hall–Kier alpha value is -2.41. The molecule has 0 aliphatic heterocycles. The standard InChI is InChI=1S/C59H100O10Si12/c1-53(2)59(60)61-45-34-48-80(64-72(3,4)49-46-70-62-75(9,10)54-35-24-19-25-36-54,65-73(5,6)50-47-71-63-76(11,12)55-37-26-20-27-38-55)66-74(7,8)51-52-81(67-77(13,14)56-39-28-21-29-40-56,68-78(15,16)57-41-30-22-31-42-57)69-79(17,18)58-43-32-23-33-44-58/h19-33,35-44H,1,34,45-52,70-71H2,2-18H3. The molecule has 0 fully saturated rings. The molecule has 0 aromatic heterocycles. The van der Waals surface area contributed by atoms with Gasteiger partial charge in [0, 0.05) is 17.7 Å². The van der Waals surface area contributed by atoms with Gasteiger partial charge < -0.3 is 37.7 Å². The summed E-state index contributed by atoms with van der Waals surface area (Å²) in [5.74, 6) is -0.393. The molecule has 0 N–H and O–H groups in total. The fourth-order valence-corrected chi connectivity index (χ4v) is 61.7. The number of carbonyl (C=O) groups excluding carboxylic acids is 1. The Bertz CT molecular complexity index is 2500. The SMILES string of the molecule is C=C(C)C(=O)OCCC[Si](O[Si](C)(C)CC[SiH2]O[Si](C)(C)c1ccccc1)(O[Si](C)(C)CC[SiH2]O[Si](C)(C)c1ccccc1)O[Si](C)(C)CC[Si](O[Si](C)(C)c1ccccc1)(O[Si](C)(C)c1ccccc1)O[Si](C)(C)c1ccccc1. The first-order valence-electron chi connectivity index (χ1n) is 29.3. The van der Waals surface area contributed by atoms with E-state index in [0.29, 0.717) is 30.1 Å². The van der Waals surface area contributed by atoms with Crippen LogP contribution in [0, 0.1) is 0 Å². The Kier molecular flexibility index (Phi) is 25.5. The lowest BCUT2D eigenvalue weighted by molar-refractivity contribution is -0.139. The smallest absolute Gasteiger partial charge is 0.462 e. The van der Waals surface area contributed by atoms with Crippen molar-refractivity contribution in [3.63, 3.8) is 0 Å². The van der Waals surface area contributed by atoms with Gasteiger partial charge in [0.15, 0.2) is 25.0 Å². The van der Waals surface area contributed by atoms with E-state index in [1.807, 2.05) is 0 Å². The first-order valence-corrected chi connectivity index (χ1v) is 60.2. The van der Waals surface area contributed by atoms with E-state index < -0.39 is 110 Å². The fourth-order valence-electron chi connectivity index (χ4n) is 10.2. The summed E-state index contributed by atoms with van der Waals surface area (Å²) in [6, 6.07) is 59.2. The third-order valence-corrected chi connectivity index (χ3v) is 60.7. The maximum Gasteiger partial charge on any atom is 0.470 e. The highest BCUT2D eigenvalue weighted by Crippen LogP contribution is 2.38. The molecule has 0 amide bonds. The van der Waals surface area contributed by atoms with E-state index >= 15 is 0 Å². The van der Waals surface area contributed by atoms with Crippen molar-refractivity contribution in [3.8, 4) is 0 Å². The van der Waals surface area contributed by atoms with E-state index in [2.05, 4.69) is 263 Å². The lowest BCUT2D eigenvalue weighted by atomic mass is 10.4. The molecule has 81 heavy (non-hydrogen) atoms. The monoisotopic (exact) mass is 1300 g/mol. The molecule has 22 heteroatoms. The van der Waals surface area contributed by atoms with Gasteiger partial charge >= 0.3 is 23.6 Å². The Balaban J connectivity index is 1.58. The maximum atomic E-state index is 12.9. The molecule has 0 atom stereocenters. The number of benzene rings is 5. The molecule has 5 rings (SSSR count). The van der Waals surface area contributed by atoms with Crippen LogP contribution in [0.1, 0.15) is 13.3 Å². The molecule has 0 radical (unpaired) electrons. The Morgan fingerprint density at radius 2 is 0.642 bits per heavy atom. The van der Waals surface area contributed by atoms with Gasteiger partial charge in [-0.05, 0) is 174 Å². The van der Waals surface area contributed by atoms with Gasteiger partial charge in [0.25, 0.3) is 0 Å². The number of carbonyl (C=O) groups is 1. The van der Waals surface area contributed by atoms with Crippen LogP contribution in [0.2, 0.25) is 147 Å². The molecule has 10 nitrogen and oxygen atoms in total. The van der Waals surface area contributed by atoms with Crippen LogP contribution >= 0.6 is 0 Å². The second-order valence-electron chi connectivity index (χ2n) is 26.1. The summed E-state index contributed by atoms with van der Waals surface area (Å²) >= 11 is 0. The van der Waals surface area contributed by atoms with Crippen molar-refractivity contribution in [1.29, 1.82) is 0 Å². The normalized spacial score (nSPS) is 14.4. The molecule has 5 aromatic carbocycles. The third kappa shape index (κ3) is 22.4. The van der Waals surface area contributed by atoms with E-state index in [4.69, 9.17) is 37.7 Å². The van der Waals surface area contributed by atoms with Crippen LogP contribution in [0.3, 0.4) is 0 Å². The summed E-state index contributed by atoms with van der Waals surface area (Å²) in [5.41, 5.74) is 0.377. The van der Waals surface area contributed by atoms with Gasteiger partial charge in [-0.3, -0.25) is 0 Å². The van der Waals surface area contributed by atoms with E-state index in [1.54, 1.807) is 6.92 Å². The first-order chi connectivity index (χ1) is 37.7. The number of hydrogen-bond donors (Lipinski definition) is 0. The van der Waals surface area contributed by atoms with Gasteiger partial charge in [0.2, 0.25) is 41.6 Å². The van der Waals surface area contributed by atoms with Gasteiger partial charge in [0.1, 0.15) is 19.5 Å². The summed E-state index contributed by atoms with van der Waals surface area (Å²) in [5, 5.41) is 6.22.